The van der Waals surface area contributed by atoms with Crippen molar-refractivity contribution < 1.29 is 14.1 Å². The van der Waals surface area contributed by atoms with Gasteiger partial charge in [0.15, 0.2) is 0 Å². The van der Waals surface area contributed by atoms with Gasteiger partial charge in [0.05, 0.1) is 28.3 Å². The number of amides is 1. The smallest absolute Gasteiger partial charge is 0.269 e. The summed E-state index contributed by atoms with van der Waals surface area (Å²) in [5, 5.41) is 11.5. The molecule has 3 aromatic rings. The van der Waals surface area contributed by atoms with E-state index in [1.807, 2.05) is 0 Å². The fourth-order valence-corrected chi connectivity index (χ4v) is 3.06. The van der Waals surface area contributed by atoms with Crippen LogP contribution in [-0.2, 0) is 13.1 Å². The quantitative estimate of drug-likeness (QED) is 0.410. The van der Waals surface area contributed by atoms with Crippen LogP contribution in [0.3, 0.4) is 0 Å². The summed E-state index contributed by atoms with van der Waals surface area (Å²) in [4.78, 5) is 24.9. The van der Waals surface area contributed by atoms with Crippen LogP contribution in [0, 0.1) is 10.1 Å². The zero-order valence-corrected chi connectivity index (χ0v) is 15.5. The summed E-state index contributed by atoms with van der Waals surface area (Å²) < 4.78 is 5.35. The first-order valence-electron chi connectivity index (χ1n) is 7.94. The highest BCUT2D eigenvalue weighted by Crippen LogP contribution is 2.24. The molecule has 0 fully saturated rings. The fourth-order valence-electron chi connectivity index (χ4n) is 2.57. The van der Waals surface area contributed by atoms with Crippen LogP contribution < -0.4 is 0 Å². The summed E-state index contributed by atoms with van der Waals surface area (Å²) in [6.45, 7) is 0.457. The average Bonchev–Trinajstić information content (AvgIpc) is 3.14. The highest BCUT2D eigenvalue weighted by Gasteiger charge is 2.20. The maximum absolute atomic E-state index is 13.0. The van der Waals surface area contributed by atoms with Crippen LogP contribution in [0.25, 0.3) is 0 Å². The van der Waals surface area contributed by atoms with E-state index in [1.54, 1.807) is 41.3 Å². The number of rotatable bonds is 6. The van der Waals surface area contributed by atoms with Gasteiger partial charge in [-0.05, 0) is 35.9 Å². The minimum absolute atomic E-state index is 0.0107. The van der Waals surface area contributed by atoms with Crippen LogP contribution in [0.4, 0.5) is 5.69 Å². The zero-order valence-electron chi connectivity index (χ0n) is 14.0. The van der Waals surface area contributed by atoms with Crippen molar-refractivity contribution in [1.82, 2.24) is 4.90 Å². The Bertz CT molecular complexity index is 956. The molecule has 0 bridgehead atoms. The molecule has 138 valence electrons. The Kier molecular flexibility index (Phi) is 5.78. The SMILES string of the molecule is O=C(c1ccc(Cl)cc1Cl)N(Cc1ccc([N+](=O)[O-])cc1)Cc1ccco1. The van der Waals surface area contributed by atoms with Crippen molar-refractivity contribution in [3.63, 3.8) is 0 Å². The third-order valence-corrected chi connectivity index (χ3v) is 4.44. The van der Waals surface area contributed by atoms with E-state index in [9.17, 15) is 14.9 Å². The van der Waals surface area contributed by atoms with Gasteiger partial charge in [0, 0.05) is 23.7 Å². The normalized spacial score (nSPS) is 10.6. The van der Waals surface area contributed by atoms with Crippen molar-refractivity contribution in [2.75, 3.05) is 0 Å². The number of nitro groups is 1. The lowest BCUT2D eigenvalue weighted by Gasteiger charge is -2.22. The van der Waals surface area contributed by atoms with Crippen LogP contribution in [0.1, 0.15) is 21.7 Å². The van der Waals surface area contributed by atoms with Gasteiger partial charge < -0.3 is 9.32 Å². The van der Waals surface area contributed by atoms with Gasteiger partial charge in [-0.15, -0.1) is 0 Å². The molecule has 6 nitrogen and oxygen atoms in total. The molecule has 1 aromatic heterocycles. The number of carbonyl (C=O) groups excluding carboxylic acids is 1. The molecule has 1 amide bonds. The Balaban J connectivity index is 1.88. The molecule has 1 heterocycles. The Morgan fingerprint density at radius 3 is 2.41 bits per heavy atom. The molecule has 0 N–H and O–H groups in total. The number of carbonyl (C=O) groups is 1. The molecule has 0 saturated carbocycles. The van der Waals surface area contributed by atoms with Crippen LogP contribution in [0.2, 0.25) is 10.0 Å². The minimum Gasteiger partial charge on any atom is -0.467 e. The van der Waals surface area contributed by atoms with Crippen LogP contribution in [-0.4, -0.2) is 15.7 Å². The van der Waals surface area contributed by atoms with Crippen molar-refractivity contribution in [3.8, 4) is 0 Å². The molecule has 2 aromatic carbocycles. The molecular weight excluding hydrogens is 391 g/mol. The number of hydrogen-bond donors (Lipinski definition) is 0. The third-order valence-electron chi connectivity index (χ3n) is 3.90. The predicted molar refractivity (Wildman–Crippen MR) is 102 cm³/mol. The van der Waals surface area contributed by atoms with Gasteiger partial charge in [-0.2, -0.15) is 0 Å². The van der Waals surface area contributed by atoms with E-state index >= 15 is 0 Å². The average molecular weight is 405 g/mol. The van der Waals surface area contributed by atoms with Crippen LogP contribution in [0.15, 0.2) is 65.3 Å². The van der Waals surface area contributed by atoms with E-state index in [4.69, 9.17) is 27.6 Å². The van der Waals surface area contributed by atoms with Gasteiger partial charge in [0.1, 0.15) is 5.76 Å². The molecule has 27 heavy (non-hydrogen) atoms. The number of benzene rings is 2. The first kappa shape index (κ1) is 18.9. The van der Waals surface area contributed by atoms with Crippen LogP contribution in [0.5, 0.6) is 0 Å². The van der Waals surface area contributed by atoms with Gasteiger partial charge in [-0.25, -0.2) is 0 Å². The molecule has 0 atom stereocenters. The zero-order chi connectivity index (χ0) is 19.4. The maximum atomic E-state index is 13.0. The van der Waals surface area contributed by atoms with Gasteiger partial charge in [0.25, 0.3) is 11.6 Å². The molecule has 3 rings (SSSR count). The monoisotopic (exact) mass is 404 g/mol. The van der Waals surface area contributed by atoms with Crippen molar-refractivity contribution in [2.24, 2.45) is 0 Å². The molecule has 0 saturated heterocycles. The molecule has 0 unspecified atom stereocenters. The number of halogens is 2. The summed E-state index contributed by atoms with van der Waals surface area (Å²) in [5.74, 6) is 0.307. The van der Waals surface area contributed by atoms with Gasteiger partial charge >= 0.3 is 0 Å². The summed E-state index contributed by atoms with van der Waals surface area (Å²) in [6.07, 6.45) is 1.53. The van der Waals surface area contributed by atoms with Crippen molar-refractivity contribution in [1.29, 1.82) is 0 Å². The molecular formula is C19H14Cl2N2O4. The fraction of sp³-hybridized carbons (Fsp3) is 0.105. The van der Waals surface area contributed by atoms with Crippen molar-refractivity contribution >= 4 is 34.8 Å². The van der Waals surface area contributed by atoms with E-state index in [-0.39, 0.29) is 29.7 Å². The standard InChI is InChI=1S/C19H14Cl2N2O4/c20-14-5-8-17(18(21)10-14)19(24)22(12-16-2-1-9-27-16)11-13-3-6-15(7-4-13)23(25)26/h1-10H,11-12H2. The molecule has 8 heteroatoms. The first-order chi connectivity index (χ1) is 12.9. The molecule has 0 aliphatic rings. The first-order valence-corrected chi connectivity index (χ1v) is 8.69. The second kappa shape index (κ2) is 8.24. The van der Waals surface area contributed by atoms with Gasteiger partial charge in [-0.3, -0.25) is 14.9 Å². The third kappa shape index (κ3) is 4.67. The maximum Gasteiger partial charge on any atom is 0.269 e. The van der Waals surface area contributed by atoms with Crippen molar-refractivity contribution in [3.05, 3.63) is 97.9 Å². The molecule has 0 aliphatic carbocycles. The van der Waals surface area contributed by atoms with E-state index < -0.39 is 4.92 Å². The van der Waals surface area contributed by atoms with E-state index in [1.165, 1.54) is 24.5 Å². The summed E-state index contributed by atoms with van der Waals surface area (Å²) in [7, 11) is 0. The summed E-state index contributed by atoms with van der Waals surface area (Å²) in [5.41, 5.74) is 1.04. The highest BCUT2D eigenvalue weighted by atomic mass is 35.5. The molecule has 0 spiro atoms. The number of hydrogen-bond acceptors (Lipinski definition) is 4. The topological polar surface area (TPSA) is 76.6 Å². The Labute approximate surface area is 165 Å². The molecule has 0 aliphatic heterocycles. The van der Waals surface area contributed by atoms with E-state index in [0.717, 1.165) is 5.56 Å². The number of furan rings is 1. The van der Waals surface area contributed by atoms with E-state index in [2.05, 4.69) is 0 Å². The number of nitro benzene ring substituents is 1. The Hall–Kier alpha value is -2.83. The van der Waals surface area contributed by atoms with Crippen LogP contribution >= 0.6 is 23.2 Å². The van der Waals surface area contributed by atoms with Crippen molar-refractivity contribution in [2.45, 2.75) is 13.1 Å². The predicted octanol–water partition coefficient (Wildman–Crippen LogP) is 5.34. The lowest BCUT2D eigenvalue weighted by atomic mass is 10.1. The summed E-state index contributed by atoms with van der Waals surface area (Å²) in [6, 6.07) is 14.2. The minimum atomic E-state index is -0.469. The Morgan fingerprint density at radius 2 is 1.81 bits per heavy atom. The lowest BCUT2D eigenvalue weighted by Crippen LogP contribution is -2.30. The summed E-state index contributed by atoms with van der Waals surface area (Å²) >= 11 is 12.1. The largest absolute Gasteiger partial charge is 0.467 e. The highest BCUT2D eigenvalue weighted by molar-refractivity contribution is 6.36. The number of non-ortho nitro benzene ring substituents is 1. The van der Waals surface area contributed by atoms with Gasteiger partial charge in [-0.1, -0.05) is 35.3 Å². The Morgan fingerprint density at radius 1 is 1.07 bits per heavy atom. The second-order valence-electron chi connectivity index (χ2n) is 5.79. The number of nitrogens with zero attached hydrogens (tertiary/aromatic N) is 2. The second-order valence-corrected chi connectivity index (χ2v) is 6.63. The van der Waals surface area contributed by atoms with Gasteiger partial charge in [0.2, 0.25) is 0 Å². The lowest BCUT2D eigenvalue weighted by molar-refractivity contribution is -0.384. The van der Waals surface area contributed by atoms with E-state index in [0.29, 0.717) is 16.3 Å². The molecule has 0 radical (unpaired) electrons.